The number of guanidine groups is 1. The van der Waals surface area contributed by atoms with E-state index in [9.17, 15) is 13.2 Å². The van der Waals surface area contributed by atoms with Crippen molar-refractivity contribution in [2.45, 2.75) is 12.6 Å². The van der Waals surface area contributed by atoms with Gasteiger partial charge in [0, 0.05) is 52.2 Å². The van der Waals surface area contributed by atoms with Crippen LogP contribution in [0.15, 0.2) is 23.5 Å². The molecule has 1 N–H and O–H groups in total. The Morgan fingerprint density at radius 1 is 1.23 bits per heavy atom. The van der Waals surface area contributed by atoms with Gasteiger partial charge in [-0.2, -0.15) is 13.2 Å². The van der Waals surface area contributed by atoms with Gasteiger partial charge in [-0.05, 0) is 26.1 Å². The minimum atomic E-state index is -4.15. The fourth-order valence-electron chi connectivity index (χ4n) is 2.84. The second-order valence-corrected chi connectivity index (χ2v) is 6.20. The highest BCUT2D eigenvalue weighted by Gasteiger charge is 2.28. The Labute approximate surface area is 151 Å². The maximum atomic E-state index is 12.3. The number of piperazine rings is 1. The number of halogens is 3. The van der Waals surface area contributed by atoms with Crippen LogP contribution in [0.2, 0.25) is 0 Å². The SMILES string of the molecule is CN=C(NCCCN(C)CC(F)(F)F)N1CCN(c2ncccn2)CC1. The summed E-state index contributed by atoms with van der Waals surface area (Å²) in [6, 6.07) is 1.79. The standard InChI is InChI=1S/C16H26F3N7/c1-20-14(21-7-4-8-24(2)13-16(17,18)19)25-9-11-26(12-10-25)15-22-5-3-6-23-15/h3,5-6H,4,7-13H2,1-2H3,(H,20,21). The maximum absolute atomic E-state index is 12.3. The molecule has 1 fully saturated rings. The van der Waals surface area contributed by atoms with E-state index in [-0.39, 0.29) is 0 Å². The van der Waals surface area contributed by atoms with Crippen molar-refractivity contribution >= 4 is 11.9 Å². The summed E-state index contributed by atoms with van der Waals surface area (Å²) in [6.45, 7) is 3.22. The lowest BCUT2D eigenvalue weighted by molar-refractivity contribution is -0.143. The van der Waals surface area contributed by atoms with Gasteiger partial charge >= 0.3 is 6.18 Å². The van der Waals surface area contributed by atoms with Gasteiger partial charge < -0.3 is 15.1 Å². The molecule has 146 valence electrons. The highest BCUT2D eigenvalue weighted by atomic mass is 19.4. The molecule has 0 amide bonds. The second kappa shape index (κ2) is 9.56. The van der Waals surface area contributed by atoms with E-state index in [4.69, 9.17) is 0 Å². The molecule has 0 radical (unpaired) electrons. The first kappa shape index (κ1) is 20.2. The van der Waals surface area contributed by atoms with Crippen LogP contribution in [0, 0.1) is 0 Å². The van der Waals surface area contributed by atoms with Crippen molar-refractivity contribution < 1.29 is 13.2 Å². The van der Waals surface area contributed by atoms with Gasteiger partial charge in [-0.25, -0.2) is 9.97 Å². The van der Waals surface area contributed by atoms with Gasteiger partial charge in [-0.15, -0.1) is 0 Å². The largest absolute Gasteiger partial charge is 0.401 e. The quantitative estimate of drug-likeness (QED) is 0.457. The van der Waals surface area contributed by atoms with Crippen LogP contribution in [0.3, 0.4) is 0 Å². The van der Waals surface area contributed by atoms with Gasteiger partial charge in [-0.1, -0.05) is 0 Å². The maximum Gasteiger partial charge on any atom is 0.401 e. The fraction of sp³-hybridized carbons (Fsp3) is 0.688. The molecule has 7 nitrogen and oxygen atoms in total. The summed E-state index contributed by atoms with van der Waals surface area (Å²) >= 11 is 0. The van der Waals surface area contributed by atoms with E-state index in [1.807, 2.05) is 0 Å². The smallest absolute Gasteiger partial charge is 0.356 e. The average Bonchev–Trinajstić information content (AvgIpc) is 2.61. The normalized spacial score (nSPS) is 16.3. The van der Waals surface area contributed by atoms with E-state index in [1.165, 1.54) is 11.9 Å². The topological polar surface area (TPSA) is 59.9 Å². The summed E-state index contributed by atoms with van der Waals surface area (Å²) in [6.07, 6.45) is -0.0836. The summed E-state index contributed by atoms with van der Waals surface area (Å²) in [4.78, 5) is 18.3. The molecule has 0 aliphatic carbocycles. The van der Waals surface area contributed by atoms with Crippen LogP contribution in [-0.4, -0.2) is 91.8 Å². The Balaban J connectivity index is 1.70. The van der Waals surface area contributed by atoms with Crippen LogP contribution in [0.25, 0.3) is 0 Å². The van der Waals surface area contributed by atoms with Crippen molar-refractivity contribution in [1.29, 1.82) is 0 Å². The number of alkyl halides is 3. The molecule has 0 unspecified atom stereocenters. The molecule has 1 aliphatic heterocycles. The summed E-state index contributed by atoms with van der Waals surface area (Å²) in [5, 5.41) is 3.23. The molecule has 1 aliphatic rings. The number of nitrogens with one attached hydrogen (secondary N) is 1. The van der Waals surface area contributed by atoms with E-state index in [1.54, 1.807) is 25.5 Å². The lowest BCUT2D eigenvalue weighted by Gasteiger charge is -2.36. The van der Waals surface area contributed by atoms with Crippen LogP contribution in [0.5, 0.6) is 0 Å². The van der Waals surface area contributed by atoms with Gasteiger partial charge in [0.1, 0.15) is 0 Å². The number of aromatic nitrogens is 2. The molecule has 1 saturated heterocycles. The Hall–Kier alpha value is -2.10. The Kier molecular flexibility index (Phi) is 7.43. The lowest BCUT2D eigenvalue weighted by atomic mass is 10.3. The molecule has 0 spiro atoms. The first-order chi connectivity index (χ1) is 12.4. The highest BCUT2D eigenvalue weighted by molar-refractivity contribution is 5.80. The van der Waals surface area contributed by atoms with Crippen molar-refractivity contribution in [3.8, 4) is 0 Å². The monoisotopic (exact) mass is 373 g/mol. The Bertz CT molecular complexity index is 557. The van der Waals surface area contributed by atoms with Crippen molar-refractivity contribution in [3.05, 3.63) is 18.5 Å². The molecule has 0 bridgehead atoms. The number of nitrogens with zero attached hydrogens (tertiary/aromatic N) is 6. The van der Waals surface area contributed by atoms with Crippen LogP contribution in [0.4, 0.5) is 19.1 Å². The van der Waals surface area contributed by atoms with Crippen molar-refractivity contribution in [3.63, 3.8) is 0 Å². The molecule has 0 aromatic carbocycles. The van der Waals surface area contributed by atoms with Crippen molar-refractivity contribution in [1.82, 2.24) is 25.1 Å². The van der Waals surface area contributed by atoms with Crippen LogP contribution in [-0.2, 0) is 0 Å². The van der Waals surface area contributed by atoms with Crippen LogP contribution < -0.4 is 10.2 Å². The first-order valence-corrected chi connectivity index (χ1v) is 8.62. The first-order valence-electron chi connectivity index (χ1n) is 8.62. The number of rotatable bonds is 6. The zero-order valence-corrected chi connectivity index (χ0v) is 15.2. The summed E-state index contributed by atoms with van der Waals surface area (Å²) in [7, 11) is 3.19. The van der Waals surface area contributed by atoms with Gasteiger partial charge in [0.15, 0.2) is 5.96 Å². The average molecular weight is 373 g/mol. The van der Waals surface area contributed by atoms with E-state index < -0.39 is 12.7 Å². The summed E-state index contributed by atoms with van der Waals surface area (Å²) in [5.41, 5.74) is 0. The molecule has 0 saturated carbocycles. The molecule has 26 heavy (non-hydrogen) atoms. The molecular weight excluding hydrogens is 347 g/mol. The summed E-state index contributed by atoms with van der Waals surface area (Å²) < 4.78 is 36.9. The van der Waals surface area contributed by atoms with E-state index in [0.717, 1.165) is 38.1 Å². The van der Waals surface area contributed by atoms with E-state index in [2.05, 4.69) is 30.1 Å². The number of aliphatic imine (C=N–C) groups is 1. The molecule has 1 aromatic heterocycles. The summed E-state index contributed by atoms with van der Waals surface area (Å²) in [5.74, 6) is 1.50. The molecular formula is C16H26F3N7. The van der Waals surface area contributed by atoms with Crippen LogP contribution >= 0.6 is 0 Å². The van der Waals surface area contributed by atoms with Gasteiger partial charge in [0.2, 0.25) is 5.95 Å². The van der Waals surface area contributed by atoms with E-state index >= 15 is 0 Å². The number of anilines is 1. The third kappa shape index (κ3) is 6.66. The third-order valence-electron chi connectivity index (χ3n) is 4.07. The third-order valence-corrected chi connectivity index (χ3v) is 4.07. The van der Waals surface area contributed by atoms with Crippen molar-refractivity contribution in [2.75, 3.05) is 64.8 Å². The number of hydrogen-bond donors (Lipinski definition) is 1. The van der Waals surface area contributed by atoms with Gasteiger partial charge in [-0.3, -0.25) is 9.89 Å². The van der Waals surface area contributed by atoms with Gasteiger partial charge in [0.25, 0.3) is 0 Å². The molecule has 0 atom stereocenters. The number of hydrogen-bond acceptors (Lipinski definition) is 5. The Morgan fingerprint density at radius 3 is 2.46 bits per heavy atom. The molecule has 10 heteroatoms. The minimum Gasteiger partial charge on any atom is -0.356 e. The van der Waals surface area contributed by atoms with Gasteiger partial charge in [0.05, 0.1) is 6.54 Å². The predicted molar refractivity (Wildman–Crippen MR) is 95.3 cm³/mol. The predicted octanol–water partition coefficient (Wildman–Crippen LogP) is 1.06. The molecule has 1 aromatic rings. The highest BCUT2D eigenvalue weighted by Crippen LogP contribution is 2.15. The zero-order chi connectivity index (χ0) is 19.0. The van der Waals surface area contributed by atoms with E-state index in [0.29, 0.717) is 19.5 Å². The van der Waals surface area contributed by atoms with Crippen molar-refractivity contribution in [2.24, 2.45) is 4.99 Å². The fourth-order valence-corrected chi connectivity index (χ4v) is 2.84. The van der Waals surface area contributed by atoms with Crippen LogP contribution in [0.1, 0.15) is 6.42 Å². The minimum absolute atomic E-state index is 0.378. The Morgan fingerprint density at radius 2 is 1.88 bits per heavy atom. The zero-order valence-electron chi connectivity index (χ0n) is 15.2. The molecule has 2 heterocycles. The lowest BCUT2D eigenvalue weighted by Crippen LogP contribution is -2.53. The molecule has 2 rings (SSSR count). The second-order valence-electron chi connectivity index (χ2n) is 6.20.